The highest BCUT2D eigenvalue weighted by molar-refractivity contribution is 6.32. The first-order valence-electron chi connectivity index (χ1n) is 6.17. The Labute approximate surface area is 122 Å². The number of methoxy groups -OCH3 is 1. The lowest BCUT2D eigenvalue weighted by Crippen LogP contribution is -2.27. The monoisotopic (exact) mass is 290 g/mol. The van der Waals surface area contributed by atoms with Gasteiger partial charge >= 0.3 is 0 Å². The van der Waals surface area contributed by atoms with Gasteiger partial charge in [-0.1, -0.05) is 23.7 Å². The third-order valence-electron chi connectivity index (χ3n) is 2.97. The number of halogens is 1. The number of carbonyl (C=O) groups excluding carboxylic acids is 1. The summed E-state index contributed by atoms with van der Waals surface area (Å²) in [5.74, 6) is 0.536. The lowest BCUT2D eigenvalue weighted by molar-refractivity contribution is 0.0939. The summed E-state index contributed by atoms with van der Waals surface area (Å²) in [5.41, 5.74) is 1.36. The van der Waals surface area contributed by atoms with E-state index < -0.39 is 0 Å². The van der Waals surface area contributed by atoms with Gasteiger partial charge in [-0.3, -0.25) is 4.79 Å². The molecule has 0 spiro atoms. The molecular weight excluding hydrogens is 276 g/mol. The summed E-state index contributed by atoms with van der Waals surface area (Å²) in [4.78, 5) is 16.0. The Bertz CT molecular complexity index is 599. The van der Waals surface area contributed by atoms with Crippen LogP contribution in [-0.2, 0) is 0 Å². The summed E-state index contributed by atoms with van der Waals surface area (Å²) in [6.07, 6.45) is 1.55. The van der Waals surface area contributed by atoms with Crippen LogP contribution in [0.15, 0.2) is 42.6 Å². The number of benzene rings is 1. The number of nitrogens with one attached hydrogen (secondary N) is 1. The fraction of sp³-hybridized carbons (Fsp3) is 0.200. The van der Waals surface area contributed by atoms with E-state index in [4.69, 9.17) is 16.3 Å². The van der Waals surface area contributed by atoms with Gasteiger partial charge in [-0.2, -0.15) is 0 Å². The van der Waals surface area contributed by atoms with E-state index in [-0.39, 0.29) is 17.1 Å². The normalized spacial score (nSPS) is 11.8. The lowest BCUT2D eigenvalue weighted by atomic mass is 10.1. The number of hydrogen-bond donors (Lipinski definition) is 1. The molecule has 1 N–H and O–H groups in total. The molecule has 1 amide bonds. The van der Waals surface area contributed by atoms with Gasteiger partial charge in [-0.25, -0.2) is 4.98 Å². The maximum absolute atomic E-state index is 12.1. The Morgan fingerprint density at radius 1 is 1.30 bits per heavy atom. The van der Waals surface area contributed by atoms with Crippen molar-refractivity contribution in [1.82, 2.24) is 10.3 Å². The van der Waals surface area contributed by atoms with Crippen molar-refractivity contribution in [2.24, 2.45) is 0 Å². The van der Waals surface area contributed by atoms with Gasteiger partial charge in [0.2, 0.25) is 0 Å². The molecule has 1 aromatic carbocycles. The van der Waals surface area contributed by atoms with E-state index in [0.717, 1.165) is 11.3 Å². The molecule has 0 aliphatic rings. The molecule has 0 saturated heterocycles. The minimum absolute atomic E-state index is 0.135. The highest BCUT2D eigenvalue weighted by Crippen LogP contribution is 2.18. The van der Waals surface area contributed by atoms with Crippen molar-refractivity contribution in [3.8, 4) is 5.75 Å². The van der Waals surface area contributed by atoms with Gasteiger partial charge in [0.1, 0.15) is 10.9 Å². The van der Waals surface area contributed by atoms with Crippen LogP contribution >= 0.6 is 11.6 Å². The van der Waals surface area contributed by atoms with Crippen molar-refractivity contribution in [3.63, 3.8) is 0 Å². The zero-order valence-electron chi connectivity index (χ0n) is 11.3. The SMILES string of the molecule is COc1ccc(C(C)NC(=O)c2cccnc2Cl)cc1. The predicted molar refractivity (Wildman–Crippen MR) is 78.1 cm³/mol. The van der Waals surface area contributed by atoms with E-state index in [1.165, 1.54) is 0 Å². The Kier molecular flexibility index (Phi) is 4.58. The Hall–Kier alpha value is -2.07. The van der Waals surface area contributed by atoms with Crippen molar-refractivity contribution in [3.05, 3.63) is 58.9 Å². The first-order valence-corrected chi connectivity index (χ1v) is 6.55. The third kappa shape index (κ3) is 3.27. The number of carbonyl (C=O) groups is 1. The van der Waals surface area contributed by atoms with E-state index in [1.54, 1.807) is 25.4 Å². The number of pyridine rings is 1. The van der Waals surface area contributed by atoms with Gasteiger partial charge in [0.15, 0.2) is 0 Å². The number of amides is 1. The first kappa shape index (κ1) is 14.3. The number of hydrogen-bond acceptors (Lipinski definition) is 3. The van der Waals surface area contributed by atoms with Gasteiger partial charge in [0, 0.05) is 6.20 Å². The average molecular weight is 291 g/mol. The molecule has 0 fully saturated rings. The maximum atomic E-state index is 12.1. The van der Waals surface area contributed by atoms with Crippen LogP contribution in [0, 0.1) is 0 Å². The molecule has 0 radical (unpaired) electrons. The molecule has 20 heavy (non-hydrogen) atoms. The molecular formula is C15H15ClN2O2. The van der Waals surface area contributed by atoms with Crippen LogP contribution in [0.4, 0.5) is 0 Å². The topological polar surface area (TPSA) is 51.2 Å². The second-order valence-corrected chi connectivity index (χ2v) is 4.67. The fourth-order valence-corrected chi connectivity index (χ4v) is 2.01. The van der Waals surface area contributed by atoms with E-state index >= 15 is 0 Å². The minimum atomic E-state index is -0.244. The van der Waals surface area contributed by atoms with Crippen LogP contribution in [0.1, 0.15) is 28.9 Å². The van der Waals surface area contributed by atoms with Crippen LogP contribution in [0.2, 0.25) is 5.15 Å². The number of nitrogens with zero attached hydrogens (tertiary/aromatic N) is 1. The van der Waals surface area contributed by atoms with E-state index in [9.17, 15) is 4.79 Å². The molecule has 1 unspecified atom stereocenters. The highest BCUT2D eigenvalue weighted by atomic mass is 35.5. The van der Waals surface area contributed by atoms with E-state index in [2.05, 4.69) is 10.3 Å². The van der Waals surface area contributed by atoms with E-state index in [0.29, 0.717) is 5.56 Å². The first-order chi connectivity index (χ1) is 9.61. The van der Waals surface area contributed by atoms with Crippen molar-refractivity contribution in [2.45, 2.75) is 13.0 Å². The minimum Gasteiger partial charge on any atom is -0.497 e. The summed E-state index contributed by atoms with van der Waals surface area (Å²) in [7, 11) is 1.62. The smallest absolute Gasteiger partial charge is 0.254 e. The summed E-state index contributed by atoms with van der Waals surface area (Å²) in [6.45, 7) is 1.91. The molecule has 2 aromatic rings. The lowest BCUT2D eigenvalue weighted by Gasteiger charge is -2.15. The average Bonchev–Trinajstić information content (AvgIpc) is 2.47. The Balaban J connectivity index is 2.09. The van der Waals surface area contributed by atoms with Gasteiger partial charge in [-0.15, -0.1) is 0 Å². The summed E-state index contributed by atoms with van der Waals surface area (Å²) >= 11 is 5.90. The zero-order chi connectivity index (χ0) is 14.5. The molecule has 1 atom stereocenters. The highest BCUT2D eigenvalue weighted by Gasteiger charge is 2.14. The van der Waals surface area contributed by atoms with Crippen LogP contribution in [-0.4, -0.2) is 18.0 Å². The molecule has 0 saturated carbocycles. The number of rotatable bonds is 4. The summed E-state index contributed by atoms with van der Waals surface area (Å²) in [5, 5.41) is 3.09. The molecule has 4 nitrogen and oxygen atoms in total. The Morgan fingerprint density at radius 3 is 2.60 bits per heavy atom. The third-order valence-corrected chi connectivity index (χ3v) is 3.27. The molecule has 0 bridgehead atoms. The largest absolute Gasteiger partial charge is 0.497 e. The number of ether oxygens (including phenoxy) is 1. The fourth-order valence-electron chi connectivity index (χ4n) is 1.81. The zero-order valence-corrected chi connectivity index (χ0v) is 12.0. The second kappa shape index (κ2) is 6.39. The molecule has 0 aliphatic carbocycles. The van der Waals surface area contributed by atoms with Crippen molar-refractivity contribution >= 4 is 17.5 Å². The number of aromatic nitrogens is 1. The van der Waals surface area contributed by atoms with Crippen molar-refractivity contribution in [2.75, 3.05) is 7.11 Å². The quantitative estimate of drug-likeness (QED) is 0.880. The van der Waals surface area contributed by atoms with Gasteiger partial charge < -0.3 is 10.1 Å². The van der Waals surface area contributed by atoms with Crippen LogP contribution in [0.3, 0.4) is 0 Å². The van der Waals surface area contributed by atoms with Crippen molar-refractivity contribution < 1.29 is 9.53 Å². The van der Waals surface area contributed by atoms with Crippen LogP contribution < -0.4 is 10.1 Å². The summed E-state index contributed by atoms with van der Waals surface area (Å²) < 4.78 is 5.10. The molecule has 1 heterocycles. The predicted octanol–water partition coefficient (Wildman–Crippen LogP) is 3.23. The van der Waals surface area contributed by atoms with Crippen LogP contribution in [0.25, 0.3) is 0 Å². The molecule has 2 rings (SSSR count). The molecule has 104 valence electrons. The molecule has 1 aromatic heterocycles. The standard InChI is InChI=1S/C15H15ClN2O2/c1-10(11-5-7-12(20-2)8-6-11)18-15(19)13-4-3-9-17-14(13)16/h3-10H,1-2H3,(H,18,19). The van der Waals surface area contributed by atoms with Gasteiger partial charge in [-0.05, 0) is 36.8 Å². The summed E-state index contributed by atoms with van der Waals surface area (Å²) in [6, 6.07) is 10.7. The Morgan fingerprint density at radius 2 is 2.00 bits per heavy atom. The van der Waals surface area contributed by atoms with E-state index in [1.807, 2.05) is 31.2 Å². The maximum Gasteiger partial charge on any atom is 0.254 e. The molecule has 0 aliphatic heterocycles. The van der Waals surface area contributed by atoms with Gasteiger partial charge in [0.05, 0.1) is 18.7 Å². The second-order valence-electron chi connectivity index (χ2n) is 4.31. The van der Waals surface area contributed by atoms with Gasteiger partial charge in [0.25, 0.3) is 5.91 Å². The van der Waals surface area contributed by atoms with Crippen molar-refractivity contribution in [1.29, 1.82) is 0 Å². The molecule has 5 heteroatoms. The van der Waals surface area contributed by atoms with Crippen LogP contribution in [0.5, 0.6) is 5.75 Å².